The van der Waals surface area contributed by atoms with E-state index in [-0.39, 0.29) is 5.78 Å². The third-order valence-corrected chi connectivity index (χ3v) is 4.87. The van der Waals surface area contributed by atoms with Crippen LogP contribution in [-0.2, 0) is 0 Å². The average Bonchev–Trinajstić information content (AvgIpc) is 2.55. The molecule has 3 heteroatoms. The lowest BCUT2D eigenvalue weighted by Crippen LogP contribution is -2.15. The van der Waals surface area contributed by atoms with Crippen LogP contribution in [-0.4, -0.2) is 29.4 Å². The summed E-state index contributed by atoms with van der Waals surface area (Å²) in [4.78, 5) is 14.5. The highest BCUT2D eigenvalue weighted by atomic mass is 28.2. The van der Waals surface area contributed by atoms with Crippen molar-refractivity contribution in [1.29, 1.82) is 0 Å². The maximum atomic E-state index is 12.5. The van der Waals surface area contributed by atoms with Gasteiger partial charge in [-0.25, -0.2) is 0 Å². The average molecular weight is 307 g/mol. The molecule has 0 aliphatic carbocycles. The van der Waals surface area contributed by atoms with Crippen LogP contribution in [0.2, 0.25) is 0 Å². The summed E-state index contributed by atoms with van der Waals surface area (Å²) in [6, 6.07) is 15.7. The summed E-state index contributed by atoms with van der Waals surface area (Å²) >= 11 is 0. The van der Waals surface area contributed by atoms with Crippen molar-refractivity contribution in [3.63, 3.8) is 0 Å². The second kappa shape index (κ2) is 7.23. The fourth-order valence-corrected chi connectivity index (χ4v) is 3.02. The standard InChI is InChI=1S/C19H21NOSi/c1-5-14(2)22-18-12-8-16(9-13-18)19(21)15-6-10-17(11-7-15)20(3)4/h5-13H,1-4H3/b14-5+. The predicted molar refractivity (Wildman–Crippen MR) is 95.5 cm³/mol. The SMILES string of the molecule is C/C=C(\C)[Si]c1ccc(C(=O)c2ccc(N(C)C)cc2)cc1. The molecule has 0 aromatic heterocycles. The highest BCUT2D eigenvalue weighted by Crippen LogP contribution is 2.15. The fourth-order valence-electron chi connectivity index (χ4n) is 2.08. The molecule has 0 aliphatic heterocycles. The monoisotopic (exact) mass is 307 g/mol. The van der Waals surface area contributed by atoms with E-state index in [1.165, 1.54) is 10.4 Å². The van der Waals surface area contributed by atoms with Crippen molar-refractivity contribution in [3.8, 4) is 0 Å². The first-order valence-corrected chi connectivity index (χ1v) is 8.33. The molecule has 0 fully saturated rings. The zero-order chi connectivity index (χ0) is 16.1. The number of carbonyl (C=O) groups is 1. The van der Waals surface area contributed by atoms with Gasteiger partial charge in [0.05, 0.1) is 0 Å². The van der Waals surface area contributed by atoms with Crippen LogP contribution in [0.4, 0.5) is 5.69 Å². The van der Waals surface area contributed by atoms with E-state index >= 15 is 0 Å². The molecule has 0 saturated heterocycles. The van der Waals surface area contributed by atoms with Crippen LogP contribution in [0.3, 0.4) is 0 Å². The van der Waals surface area contributed by atoms with Gasteiger partial charge in [0.25, 0.3) is 0 Å². The molecule has 0 spiro atoms. The molecule has 0 heterocycles. The van der Waals surface area contributed by atoms with Gasteiger partial charge in [-0.15, -0.1) is 0 Å². The molecule has 112 valence electrons. The Morgan fingerprint density at radius 2 is 1.45 bits per heavy atom. The highest BCUT2D eigenvalue weighted by molar-refractivity contribution is 6.60. The summed E-state index contributed by atoms with van der Waals surface area (Å²) in [5.41, 5.74) is 2.56. The van der Waals surface area contributed by atoms with E-state index < -0.39 is 0 Å². The molecule has 2 rings (SSSR count). The van der Waals surface area contributed by atoms with Crippen molar-refractivity contribution < 1.29 is 4.79 Å². The molecule has 0 amide bonds. The van der Waals surface area contributed by atoms with Gasteiger partial charge in [0.15, 0.2) is 5.78 Å². The van der Waals surface area contributed by atoms with Crippen molar-refractivity contribution in [2.75, 3.05) is 19.0 Å². The molecule has 2 nitrogen and oxygen atoms in total. The maximum absolute atomic E-state index is 12.5. The third kappa shape index (κ3) is 3.95. The van der Waals surface area contributed by atoms with Gasteiger partial charge >= 0.3 is 0 Å². The van der Waals surface area contributed by atoms with E-state index in [4.69, 9.17) is 0 Å². The zero-order valence-electron chi connectivity index (χ0n) is 13.6. The van der Waals surface area contributed by atoms with E-state index in [1.807, 2.05) is 67.5 Å². The lowest BCUT2D eigenvalue weighted by molar-refractivity contribution is 0.103. The van der Waals surface area contributed by atoms with Crippen molar-refractivity contribution in [3.05, 3.63) is 70.9 Å². The predicted octanol–water partition coefficient (Wildman–Crippen LogP) is 3.24. The summed E-state index contributed by atoms with van der Waals surface area (Å²) in [6.07, 6.45) is 2.13. The number of hydrogen-bond donors (Lipinski definition) is 0. The lowest BCUT2D eigenvalue weighted by atomic mass is 10.0. The second-order valence-corrected chi connectivity index (χ2v) is 7.06. The summed E-state index contributed by atoms with van der Waals surface area (Å²) in [5, 5.41) is 2.62. The summed E-state index contributed by atoms with van der Waals surface area (Å²) in [6.45, 7) is 4.18. The first kappa shape index (κ1) is 16.2. The van der Waals surface area contributed by atoms with Gasteiger partial charge < -0.3 is 4.90 Å². The largest absolute Gasteiger partial charge is 0.378 e. The Morgan fingerprint density at radius 1 is 0.955 bits per heavy atom. The summed E-state index contributed by atoms with van der Waals surface area (Å²) in [5.74, 6) is 0.0722. The summed E-state index contributed by atoms with van der Waals surface area (Å²) in [7, 11) is 4.65. The van der Waals surface area contributed by atoms with E-state index in [0.29, 0.717) is 9.52 Å². The van der Waals surface area contributed by atoms with Gasteiger partial charge in [-0.05, 0) is 38.1 Å². The van der Waals surface area contributed by atoms with Crippen LogP contribution in [0.1, 0.15) is 29.8 Å². The Balaban J connectivity index is 2.15. The van der Waals surface area contributed by atoms with Crippen LogP contribution >= 0.6 is 0 Å². The number of hydrogen-bond acceptors (Lipinski definition) is 2. The minimum Gasteiger partial charge on any atom is -0.378 e. The molecule has 0 atom stereocenters. The number of allylic oxidation sites excluding steroid dienone is 2. The van der Waals surface area contributed by atoms with Crippen molar-refractivity contribution in [2.45, 2.75) is 13.8 Å². The molecule has 0 saturated carbocycles. The van der Waals surface area contributed by atoms with Crippen molar-refractivity contribution in [1.82, 2.24) is 0 Å². The number of nitrogens with zero attached hydrogens (tertiary/aromatic N) is 1. The van der Waals surface area contributed by atoms with Crippen LogP contribution < -0.4 is 10.1 Å². The smallest absolute Gasteiger partial charge is 0.193 e. The van der Waals surface area contributed by atoms with Gasteiger partial charge in [-0.3, -0.25) is 4.79 Å². The quantitative estimate of drug-likeness (QED) is 0.624. The molecule has 0 N–H and O–H groups in total. The Hall–Kier alpha value is -2.13. The Labute approximate surface area is 135 Å². The van der Waals surface area contributed by atoms with E-state index in [2.05, 4.69) is 19.9 Å². The van der Waals surface area contributed by atoms with Crippen LogP contribution in [0, 0.1) is 0 Å². The van der Waals surface area contributed by atoms with Gasteiger partial charge in [0.2, 0.25) is 0 Å². The maximum Gasteiger partial charge on any atom is 0.193 e. The van der Waals surface area contributed by atoms with Crippen LogP contribution in [0.5, 0.6) is 0 Å². The van der Waals surface area contributed by atoms with E-state index in [9.17, 15) is 4.79 Å². The number of anilines is 1. The van der Waals surface area contributed by atoms with Crippen LogP contribution in [0.15, 0.2) is 59.8 Å². The molecule has 22 heavy (non-hydrogen) atoms. The Morgan fingerprint density at radius 3 is 1.91 bits per heavy atom. The summed E-state index contributed by atoms with van der Waals surface area (Å²) < 4.78 is 0. The van der Waals surface area contributed by atoms with Crippen molar-refractivity contribution >= 4 is 26.2 Å². The minimum atomic E-state index is 0.0722. The van der Waals surface area contributed by atoms with Crippen LogP contribution in [0.25, 0.3) is 0 Å². The Bertz CT molecular complexity index is 670. The highest BCUT2D eigenvalue weighted by Gasteiger charge is 2.09. The van der Waals surface area contributed by atoms with Gasteiger partial charge in [-0.2, -0.15) is 0 Å². The number of carbonyl (C=O) groups excluding carboxylic acids is 1. The first-order chi connectivity index (χ1) is 10.5. The minimum absolute atomic E-state index is 0.0722. The molecule has 0 aliphatic rings. The molecule has 0 bridgehead atoms. The zero-order valence-corrected chi connectivity index (χ0v) is 14.6. The van der Waals surface area contributed by atoms with Gasteiger partial charge in [0.1, 0.15) is 9.52 Å². The molecule has 2 aromatic carbocycles. The number of benzene rings is 2. The number of rotatable bonds is 5. The Kier molecular flexibility index (Phi) is 5.34. The van der Waals surface area contributed by atoms with Gasteiger partial charge in [-0.1, -0.05) is 40.7 Å². The molecule has 2 aromatic rings. The lowest BCUT2D eigenvalue weighted by Gasteiger charge is -2.12. The van der Waals surface area contributed by atoms with E-state index in [0.717, 1.165) is 16.8 Å². The molecule has 0 unspecified atom stereocenters. The normalized spacial score (nSPS) is 11.4. The number of ketones is 1. The second-order valence-electron chi connectivity index (χ2n) is 5.44. The third-order valence-electron chi connectivity index (χ3n) is 3.57. The van der Waals surface area contributed by atoms with Gasteiger partial charge in [0, 0.05) is 30.9 Å². The topological polar surface area (TPSA) is 20.3 Å². The fraction of sp³-hybridized carbons (Fsp3) is 0.211. The first-order valence-electron chi connectivity index (χ1n) is 7.33. The molecule has 2 radical (unpaired) electrons. The molecular formula is C19H21NOSi. The van der Waals surface area contributed by atoms with E-state index in [1.54, 1.807) is 0 Å². The van der Waals surface area contributed by atoms with Crippen molar-refractivity contribution in [2.24, 2.45) is 0 Å². The molecular weight excluding hydrogens is 286 g/mol.